The fraction of sp³-hybridized carbons (Fsp3) is 0.443. The maximum absolute atomic E-state index is 14.0. The Balaban J connectivity index is 0.000000147. The summed E-state index contributed by atoms with van der Waals surface area (Å²) in [5.41, 5.74) is 25.7. The van der Waals surface area contributed by atoms with E-state index >= 15 is 0 Å². The Hall–Kier alpha value is -13.4. The summed E-state index contributed by atoms with van der Waals surface area (Å²) in [6.45, 7) is 32.1. The van der Waals surface area contributed by atoms with Gasteiger partial charge in [-0.05, 0) is 186 Å². The van der Waals surface area contributed by atoms with Crippen LogP contribution in [-0.4, -0.2) is 206 Å². The minimum absolute atomic E-state index is 0.103. The minimum atomic E-state index is -0.836. The number of hydrogen-bond donors (Lipinski definition) is 8. The second kappa shape index (κ2) is 46.5. The molecule has 7 aromatic carbocycles. The van der Waals surface area contributed by atoms with Gasteiger partial charge in [0.1, 0.15) is 53.0 Å². The summed E-state index contributed by atoms with van der Waals surface area (Å²) in [6.07, 6.45) is 17.8. The van der Waals surface area contributed by atoms with Crippen molar-refractivity contribution < 1.29 is 37.8 Å². The number of halogens is 3. The monoisotopic (exact) mass is 1920 g/mol. The Bertz CT molecular complexity index is 6060. The third-order valence-electron chi connectivity index (χ3n) is 24.6. The number of benzene rings is 7. The van der Waals surface area contributed by atoms with Gasteiger partial charge in [0.2, 0.25) is 11.6 Å². The number of anilines is 11. The number of imidazole rings is 2. The van der Waals surface area contributed by atoms with E-state index in [-0.39, 0.29) is 27.2 Å². The van der Waals surface area contributed by atoms with Crippen molar-refractivity contribution in [1.82, 2.24) is 64.8 Å². The Labute approximate surface area is 794 Å². The molecule has 6 saturated heterocycles. The summed E-state index contributed by atoms with van der Waals surface area (Å²) in [4.78, 5) is 81.9. The van der Waals surface area contributed by atoms with Crippen LogP contribution in [0.25, 0.3) is 55.7 Å². The first-order chi connectivity index (χ1) is 64.7. The molecule has 18 rings (SSSR count). The average Bonchev–Trinajstić information content (AvgIpc) is 1.61. The van der Waals surface area contributed by atoms with E-state index in [1.807, 2.05) is 77.0 Å². The Morgan fingerprint density at radius 1 is 0.563 bits per heavy atom. The molecule has 38 heteroatoms. The number of nitro benzene ring substituents is 3. The number of nitrogens with zero attached hydrogens (tertiary/aromatic N) is 18. The summed E-state index contributed by atoms with van der Waals surface area (Å²) in [6, 6.07) is 36.9. The smallest absolute Gasteiger partial charge is 0.410 e. The number of nitro groups is 3. The van der Waals surface area contributed by atoms with Gasteiger partial charge in [0.15, 0.2) is 0 Å². The van der Waals surface area contributed by atoms with E-state index < -0.39 is 38.5 Å². The third kappa shape index (κ3) is 25.4. The summed E-state index contributed by atoms with van der Waals surface area (Å²) < 4.78 is 42.0. The first-order valence-electron chi connectivity index (χ1n) is 46.0. The molecule has 0 unspecified atom stereocenters. The second-order valence-corrected chi connectivity index (χ2v) is 37.0. The molecule has 0 spiro atoms. The number of piperazine rings is 2. The van der Waals surface area contributed by atoms with Crippen molar-refractivity contribution in [1.29, 1.82) is 0 Å². The van der Waals surface area contributed by atoms with Gasteiger partial charge in [0, 0.05) is 174 Å². The number of aryl methyl sites for hydroxylation is 2. The number of nitrogens with one attached hydrogen (secondary N) is 6. The van der Waals surface area contributed by atoms with E-state index in [9.17, 15) is 43.9 Å². The SMILES string of the molecule is CNc1c(N)cccc1N1CCC[C@@H](C)C1.CNc1c(N2CCC[C@@H](C)C2)cccc1[N+](=O)[O-].COc1cc2[nH]ncc2cc1Nc1ncncc1-c1nc2cccc(N3CCN[C@@H](C)C3)c2n1C.C[C@@H]1CCCN(c2cccc([N+](=O)[O-])c2F)C1.C[C@@H]1CCCN(c2cccc3nc(-c4cncnc4N)n(C)c23)C1.C[C@H]1CNCCN1C(=O)OC(C)(C)C.O=[N+]([O-])c1cccc(Br)c1F. The van der Waals surface area contributed by atoms with Gasteiger partial charge in [0.05, 0.1) is 117 Å². The van der Waals surface area contributed by atoms with E-state index in [0.717, 1.165) is 207 Å². The number of hydrogen-bond acceptors (Lipinski definition) is 28. The largest absolute Gasteiger partial charge is 0.494 e. The van der Waals surface area contributed by atoms with Gasteiger partial charge in [-0.2, -0.15) is 13.9 Å². The van der Waals surface area contributed by atoms with Gasteiger partial charge in [-0.15, -0.1) is 0 Å². The van der Waals surface area contributed by atoms with E-state index in [1.54, 1.807) is 55.8 Å². The Morgan fingerprint density at radius 3 is 1.55 bits per heavy atom. The zero-order valence-electron chi connectivity index (χ0n) is 79.5. The highest BCUT2D eigenvalue weighted by Crippen LogP contribution is 2.42. The Morgan fingerprint density at radius 2 is 1.04 bits per heavy atom. The quantitative estimate of drug-likeness (QED) is 0.0268. The molecule has 11 heterocycles. The number of fused-ring (bicyclic) bond motifs is 3. The van der Waals surface area contributed by atoms with Crippen molar-refractivity contribution in [3.8, 4) is 28.5 Å². The molecular weight excluding hydrogens is 1790 g/mol. The number of piperidine rings is 4. The maximum atomic E-state index is 14.0. The lowest BCUT2D eigenvalue weighted by molar-refractivity contribution is -0.387. The molecule has 5 aromatic heterocycles. The molecule has 6 fully saturated rings. The molecular formula is C97H127BrF2N26O9. The van der Waals surface area contributed by atoms with Crippen LogP contribution in [0.2, 0.25) is 0 Å². The van der Waals surface area contributed by atoms with E-state index in [0.29, 0.717) is 46.6 Å². The fourth-order valence-electron chi connectivity index (χ4n) is 18.0. The second-order valence-electron chi connectivity index (χ2n) is 36.2. The number of aromatic amines is 1. The summed E-state index contributed by atoms with van der Waals surface area (Å²) in [5, 5.41) is 56.3. The van der Waals surface area contributed by atoms with Crippen molar-refractivity contribution in [2.24, 2.45) is 37.8 Å². The number of carbonyl (C=O) groups excluding carboxylic acids is 1. The summed E-state index contributed by atoms with van der Waals surface area (Å²) in [5.74, 6) is 4.48. The first kappa shape index (κ1) is 101. The normalized spacial score (nSPS) is 18.3. The number of nitrogen functional groups attached to an aromatic ring is 2. The van der Waals surface area contributed by atoms with Gasteiger partial charge in [-0.1, -0.05) is 64.1 Å². The van der Waals surface area contributed by atoms with Crippen LogP contribution in [0.1, 0.15) is 114 Å². The predicted octanol–water partition coefficient (Wildman–Crippen LogP) is 18.4. The molecule has 6 aliphatic rings. The van der Waals surface area contributed by atoms with Crippen LogP contribution in [-0.2, 0) is 18.8 Å². The minimum Gasteiger partial charge on any atom is -0.494 e. The zero-order chi connectivity index (χ0) is 96.9. The first-order valence-corrected chi connectivity index (χ1v) is 46.8. The molecule has 35 nitrogen and oxygen atoms in total. The molecule has 1 amide bonds. The number of para-hydroxylation sites is 4. The van der Waals surface area contributed by atoms with Crippen LogP contribution in [0, 0.1) is 65.6 Å². The lowest BCUT2D eigenvalue weighted by atomic mass is 9.99. The molecule has 135 heavy (non-hydrogen) atoms. The number of aromatic nitrogens is 10. The van der Waals surface area contributed by atoms with Crippen LogP contribution in [0.15, 0.2) is 157 Å². The Kier molecular flexibility index (Phi) is 34.7. The van der Waals surface area contributed by atoms with Gasteiger partial charge < -0.3 is 86.1 Å². The highest BCUT2D eigenvalue weighted by atomic mass is 79.9. The summed E-state index contributed by atoms with van der Waals surface area (Å²) >= 11 is 2.83. The van der Waals surface area contributed by atoms with Crippen LogP contribution in [0.4, 0.5) is 93.5 Å². The standard InChI is InChI=1S/C25H27N9O.C18H22N6.C13H19N3O2.C13H21N3.C12H15FN2O2.C10H20N2O2.C6H3BrFNO2/c1-15-13-34(8-7-27-15)21-6-4-5-18-23(21)33(2)25(31-18)17-12-26-14-28-24(17)30-20-9-16-11-29-32-19(16)10-22(20)35-3;1-12-5-4-8-24(10-12)15-7-3-6-14-16(15)23(2)18(22-14)13-9-20-11-21-17(13)19;1-10-5-4-8-15(9-10)11-6-3-7-12(16(17)18)13(11)14-2;1-10-5-4-8-16(9-10)12-7-3-6-11(14)13(12)15-2;1-9-4-3-7-14(8-9)10-5-2-6-11(12(10)13)15(16)17;1-8-7-11-5-6-12(8)9(13)14-10(2,3)4;7-4-2-1-3-5(6(4)8)9(10)11/h4-6,9-12,14-15,27H,7-8,13H2,1-3H3,(H,29,32)(H,26,28,30);3,6-7,9,11-12H,4-5,8,10H2,1-2H3,(H2,19,20,21);3,6-7,10,14H,4-5,8-9H2,1-2H3;3,6-7,10,15H,4-5,8-9,14H2,1-2H3;2,5-6,9H,3-4,7-8H2,1H3;8,11H,5-7H2,1-4H3;1-3H/t15-;12-;2*10-;9-;8-;/m011110./s1. The molecule has 12 aromatic rings. The van der Waals surface area contributed by atoms with Crippen molar-refractivity contribution in [2.45, 2.75) is 131 Å². The van der Waals surface area contributed by atoms with Crippen molar-refractivity contribution in [3.05, 3.63) is 199 Å². The number of H-pyrrole nitrogens is 1. The lowest BCUT2D eigenvalue weighted by Gasteiger charge is -2.35. The topological polar surface area (TPSA) is 412 Å². The summed E-state index contributed by atoms with van der Waals surface area (Å²) in [7, 11) is 9.40. The third-order valence-corrected chi connectivity index (χ3v) is 25.2. The van der Waals surface area contributed by atoms with E-state index in [2.05, 4.69) is 186 Å². The van der Waals surface area contributed by atoms with Gasteiger partial charge in [-0.3, -0.25) is 35.4 Å². The molecule has 6 aliphatic heterocycles. The average molecular weight is 1920 g/mol. The molecule has 0 aliphatic carbocycles. The number of methoxy groups -OCH3 is 1. The molecule has 10 N–H and O–H groups in total. The predicted molar refractivity (Wildman–Crippen MR) is 538 cm³/mol. The zero-order valence-corrected chi connectivity index (χ0v) is 81.1. The van der Waals surface area contributed by atoms with E-state index in [4.69, 9.17) is 30.9 Å². The number of nitrogens with two attached hydrogens (primary N) is 2. The van der Waals surface area contributed by atoms with Crippen LogP contribution in [0.3, 0.4) is 0 Å². The molecule has 0 bridgehead atoms. The molecule has 0 radical (unpaired) electrons. The van der Waals surface area contributed by atoms with Crippen molar-refractivity contribution >= 4 is 135 Å². The van der Waals surface area contributed by atoms with Crippen molar-refractivity contribution in [3.63, 3.8) is 0 Å². The van der Waals surface area contributed by atoms with Gasteiger partial charge in [0.25, 0.3) is 5.69 Å². The number of ether oxygens (including phenoxy) is 2. The molecule has 720 valence electrons. The number of amides is 1. The van der Waals surface area contributed by atoms with Crippen LogP contribution < -0.4 is 67.3 Å². The fourth-order valence-corrected chi connectivity index (χ4v) is 18.4. The number of carbonyl (C=O) groups is 1. The number of rotatable bonds is 15. The highest BCUT2D eigenvalue weighted by Gasteiger charge is 2.32. The maximum Gasteiger partial charge on any atom is 0.410 e. The molecule has 6 atom stereocenters. The van der Waals surface area contributed by atoms with Crippen molar-refractivity contribution in [2.75, 3.05) is 165 Å². The van der Waals surface area contributed by atoms with E-state index in [1.165, 1.54) is 86.1 Å². The van der Waals surface area contributed by atoms with Gasteiger partial charge >= 0.3 is 17.5 Å². The van der Waals surface area contributed by atoms with Crippen LogP contribution in [0.5, 0.6) is 5.75 Å². The van der Waals surface area contributed by atoms with Gasteiger partial charge in [-0.25, -0.2) is 34.7 Å². The molecule has 0 saturated carbocycles. The van der Waals surface area contributed by atoms with Crippen LogP contribution >= 0.6 is 15.9 Å². The highest BCUT2D eigenvalue weighted by molar-refractivity contribution is 9.10. The lowest BCUT2D eigenvalue weighted by Crippen LogP contribution is -2.53.